The Balaban J connectivity index is 1.96. The van der Waals surface area contributed by atoms with Crippen molar-refractivity contribution in [1.29, 1.82) is 0 Å². The van der Waals surface area contributed by atoms with Crippen molar-refractivity contribution in [2.45, 2.75) is 19.8 Å². The smallest absolute Gasteiger partial charge is 0.185 e. The molecule has 1 saturated heterocycles. The van der Waals surface area contributed by atoms with Gasteiger partial charge in [-0.1, -0.05) is 6.92 Å². The van der Waals surface area contributed by atoms with Gasteiger partial charge in [-0.25, -0.2) is 0 Å². The highest BCUT2D eigenvalue weighted by molar-refractivity contribution is 9.10. The number of carbonyl (C=O) groups is 1. The van der Waals surface area contributed by atoms with Gasteiger partial charge in [-0.2, -0.15) is 5.10 Å². The maximum atomic E-state index is 12.2. The maximum absolute atomic E-state index is 12.2. The third-order valence-electron chi connectivity index (χ3n) is 3.46. The number of aryl methyl sites for hydroxylation is 1. The molecule has 1 aromatic rings. The zero-order chi connectivity index (χ0) is 13.8. The summed E-state index contributed by atoms with van der Waals surface area (Å²) >= 11 is 3.49. The number of ether oxygens (including phenoxy) is 1. The maximum Gasteiger partial charge on any atom is 0.185 e. The van der Waals surface area contributed by atoms with Crippen molar-refractivity contribution >= 4 is 21.7 Å². The van der Waals surface area contributed by atoms with Crippen molar-refractivity contribution in [1.82, 2.24) is 14.7 Å². The van der Waals surface area contributed by atoms with Crippen molar-refractivity contribution in [3.63, 3.8) is 0 Å². The first kappa shape index (κ1) is 14.7. The zero-order valence-electron chi connectivity index (χ0n) is 11.5. The Morgan fingerprint density at radius 3 is 2.68 bits per heavy atom. The molecule has 106 valence electrons. The zero-order valence-corrected chi connectivity index (χ0v) is 13.1. The average molecular weight is 330 g/mol. The number of morpholine rings is 1. The topological polar surface area (TPSA) is 47.4 Å². The van der Waals surface area contributed by atoms with Crippen molar-refractivity contribution in [3.05, 3.63) is 15.9 Å². The first-order valence-corrected chi connectivity index (χ1v) is 7.47. The van der Waals surface area contributed by atoms with E-state index in [9.17, 15) is 4.79 Å². The van der Waals surface area contributed by atoms with Crippen LogP contribution in [0.15, 0.2) is 4.47 Å². The molecule has 0 saturated carbocycles. The Kier molecular flexibility index (Phi) is 5.13. The molecular weight excluding hydrogens is 310 g/mol. The molecule has 0 atom stereocenters. The Bertz CT molecular complexity index is 453. The standard InChI is InChI=1S/C13H20BrN3O2/c1-3-10-12(14)13(15-16(10)2)11(18)4-5-17-6-8-19-9-7-17/h3-9H2,1-2H3. The summed E-state index contributed by atoms with van der Waals surface area (Å²) in [6.07, 6.45) is 1.37. The van der Waals surface area contributed by atoms with Gasteiger partial charge in [0.2, 0.25) is 0 Å². The van der Waals surface area contributed by atoms with Crippen LogP contribution in [0.5, 0.6) is 0 Å². The van der Waals surface area contributed by atoms with Gasteiger partial charge < -0.3 is 4.74 Å². The van der Waals surface area contributed by atoms with E-state index in [2.05, 4.69) is 32.9 Å². The summed E-state index contributed by atoms with van der Waals surface area (Å²) in [6.45, 7) is 6.20. The van der Waals surface area contributed by atoms with Crippen LogP contribution in [0.4, 0.5) is 0 Å². The van der Waals surface area contributed by atoms with E-state index in [0.717, 1.165) is 49.4 Å². The molecule has 1 aliphatic rings. The van der Waals surface area contributed by atoms with Crippen LogP contribution in [-0.2, 0) is 18.2 Å². The number of hydrogen-bond acceptors (Lipinski definition) is 4. The Morgan fingerprint density at radius 2 is 2.11 bits per heavy atom. The van der Waals surface area contributed by atoms with Crippen LogP contribution >= 0.6 is 15.9 Å². The number of carbonyl (C=O) groups excluding carboxylic acids is 1. The number of Topliss-reactive ketones (excluding diaryl/α,β-unsaturated/α-hetero) is 1. The van der Waals surface area contributed by atoms with E-state index < -0.39 is 0 Å². The van der Waals surface area contributed by atoms with E-state index in [-0.39, 0.29) is 5.78 Å². The Hall–Kier alpha value is -0.720. The first-order chi connectivity index (χ1) is 9.13. The second kappa shape index (κ2) is 6.63. The van der Waals surface area contributed by atoms with Gasteiger partial charge in [0.1, 0.15) is 5.69 Å². The molecule has 2 heterocycles. The van der Waals surface area contributed by atoms with Crippen LogP contribution < -0.4 is 0 Å². The van der Waals surface area contributed by atoms with Crippen molar-refractivity contribution in [3.8, 4) is 0 Å². The van der Waals surface area contributed by atoms with Crippen molar-refractivity contribution in [2.75, 3.05) is 32.8 Å². The summed E-state index contributed by atoms with van der Waals surface area (Å²) < 4.78 is 7.93. The van der Waals surface area contributed by atoms with E-state index in [0.29, 0.717) is 12.1 Å². The van der Waals surface area contributed by atoms with E-state index in [4.69, 9.17) is 4.74 Å². The molecule has 0 unspecified atom stereocenters. The van der Waals surface area contributed by atoms with Gasteiger partial charge in [0, 0.05) is 33.1 Å². The highest BCUT2D eigenvalue weighted by atomic mass is 79.9. The third kappa shape index (κ3) is 3.43. The van der Waals surface area contributed by atoms with Gasteiger partial charge in [0.15, 0.2) is 5.78 Å². The molecule has 1 aliphatic heterocycles. The molecule has 0 radical (unpaired) electrons. The summed E-state index contributed by atoms with van der Waals surface area (Å²) in [7, 11) is 1.88. The van der Waals surface area contributed by atoms with E-state index in [1.54, 1.807) is 4.68 Å². The summed E-state index contributed by atoms with van der Waals surface area (Å²) in [5.41, 5.74) is 1.63. The van der Waals surface area contributed by atoms with Crippen LogP contribution in [0.1, 0.15) is 29.5 Å². The molecule has 0 amide bonds. The minimum absolute atomic E-state index is 0.105. The molecule has 6 heteroatoms. The van der Waals surface area contributed by atoms with Gasteiger partial charge >= 0.3 is 0 Å². The van der Waals surface area contributed by atoms with Gasteiger partial charge in [0.25, 0.3) is 0 Å². The van der Waals surface area contributed by atoms with E-state index in [1.807, 2.05) is 7.05 Å². The lowest BCUT2D eigenvalue weighted by atomic mass is 10.2. The number of ketones is 1. The van der Waals surface area contributed by atoms with Crippen LogP contribution in [0, 0.1) is 0 Å². The Labute approximate surface area is 122 Å². The third-order valence-corrected chi connectivity index (χ3v) is 4.29. The highest BCUT2D eigenvalue weighted by Gasteiger charge is 2.20. The van der Waals surface area contributed by atoms with Gasteiger partial charge in [-0.05, 0) is 22.4 Å². The minimum Gasteiger partial charge on any atom is -0.379 e. The minimum atomic E-state index is 0.105. The van der Waals surface area contributed by atoms with Crippen LogP contribution in [0.25, 0.3) is 0 Å². The lowest BCUT2D eigenvalue weighted by Gasteiger charge is -2.26. The fourth-order valence-corrected chi connectivity index (χ4v) is 3.14. The van der Waals surface area contributed by atoms with Crippen LogP contribution in [0.2, 0.25) is 0 Å². The van der Waals surface area contributed by atoms with Gasteiger partial charge in [-0.3, -0.25) is 14.4 Å². The van der Waals surface area contributed by atoms with Crippen LogP contribution in [-0.4, -0.2) is 53.3 Å². The first-order valence-electron chi connectivity index (χ1n) is 6.68. The Morgan fingerprint density at radius 1 is 1.42 bits per heavy atom. The average Bonchev–Trinajstić information content (AvgIpc) is 2.72. The molecule has 1 fully saturated rings. The normalized spacial score (nSPS) is 16.8. The lowest BCUT2D eigenvalue weighted by Crippen LogP contribution is -2.37. The molecule has 0 aliphatic carbocycles. The number of hydrogen-bond donors (Lipinski definition) is 0. The predicted octanol–water partition coefficient (Wildman–Crippen LogP) is 1.65. The fraction of sp³-hybridized carbons (Fsp3) is 0.692. The largest absolute Gasteiger partial charge is 0.379 e. The van der Waals surface area contributed by atoms with Gasteiger partial charge in [-0.15, -0.1) is 0 Å². The predicted molar refractivity (Wildman–Crippen MR) is 76.5 cm³/mol. The molecule has 0 bridgehead atoms. The number of rotatable bonds is 5. The fourth-order valence-electron chi connectivity index (χ4n) is 2.30. The molecule has 0 spiro atoms. The SMILES string of the molecule is CCc1c(Br)c(C(=O)CCN2CCOCC2)nn1C. The van der Waals surface area contributed by atoms with Gasteiger partial charge in [0.05, 0.1) is 23.4 Å². The van der Waals surface area contributed by atoms with E-state index in [1.165, 1.54) is 0 Å². The second-order valence-electron chi connectivity index (χ2n) is 4.71. The molecule has 1 aromatic heterocycles. The molecule has 2 rings (SSSR count). The summed E-state index contributed by atoms with van der Waals surface area (Å²) in [4.78, 5) is 14.5. The lowest BCUT2D eigenvalue weighted by molar-refractivity contribution is 0.0369. The number of aromatic nitrogens is 2. The number of nitrogens with zero attached hydrogens (tertiary/aromatic N) is 3. The quantitative estimate of drug-likeness (QED) is 0.771. The molecular formula is C13H20BrN3O2. The molecule has 5 nitrogen and oxygen atoms in total. The summed E-state index contributed by atoms with van der Waals surface area (Å²) in [5.74, 6) is 0.105. The molecule has 0 aromatic carbocycles. The second-order valence-corrected chi connectivity index (χ2v) is 5.51. The highest BCUT2D eigenvalue weighted by Crippen LogP contribution is 2.22. The van der Waals surface area contributed by atoms with Crippen molar-refractivity contribution < 1.29 is 9.53 Å². The molecule has 0 N–H and O–H groups in total. The monoisotopic (exact) mass is 329 g/mol. The molecule has 19 heavy (non-hydrogen) atoms. The van der Waals surface area contributed by atoms with Crippen molar-refractivity contribution in [2.24, 2.45) is 7.05 Å². The van der Waals surface area contributed by atoms with E-state index >= 15 is 0 Å². The summed E-state index contributed by atoms with van der Waals surface area (Å²) in [6, 6.07) is 0. The summed E-state index contributed by atoms with van der Waals surface area (Å²) in [5, 5.41) is 4.32. The van der Waals surface area contributed by atoms with Crippen LogP contribution in [0.3, 0.4) is 0 Å². The number of halogens is 1.